The van der Waals surface area contributed by atoms with Gasteiger partial charge in [-0.25, -0.2) is 4.98 Å². The molecule has 0 aliphatic heterocycles. The Labute approximate surface area is 154 Å². The van der Waals surface area contributed by atoms with Crippen LogP contribution in [-0.4, -0.2) is 16.9 Å². The maximum Gasteiger partial charge on any atom is 0.220 e. The molecular weight excluding hydrogens is 336 g/mol. The van der Waals surface area contributed by atoms with Gasteiger partial charge in [0.05, 0.1) is 6.20 Å². The smallest absolute Gasteiger partial charge is 0.220 e. The quantitative estimate of drug-likeness (QED) is 0.801. The van der Waals surface area contributed by atoms with Gasteiger partial charge in [0.1, 0.15) is 0 Å². The van der Waals surface area contributed by atoms with Crippen molar-refractivity contribution in [2.24, 2.45) is 0 Å². The van der Waals surface area contributed by atoms with Gasteiger partial charge in [-0.05, 0) is 37.1 Å². The highest BCUT2D eigenvalue weighted by Gasteiger charge is 2.15. The van der Waals surface area contributed by atoms with Crippen LogP contribution in [0.3, 0.4) is 0 Å². The van der Waals surface area contributed by atoms with Crippen molar-refractivity contribution >= 4 is 17.5 Å². The standard InChI is InChI=1S/C20H25ClN2O2/c21-16-10-8-15(9-11-16)18-14-22-20(25-18)13-12-19(24)23-17-6-4-2-1-3-5-7-17/h8-11,14,17H,1-7,12-13H2,(H,23,24). The number of amides is 1. The number of carbonyl (C=O) groups excluding carboxylic acids is 1. The Morgan fingerprint density at radius 3 is 2.52 bits per heavy atom. The molecule has 0 spiro atoms. The number of hydrogen-bond acceptors (Lipinski definition) is 3. The Bertz CT molecular complexity index is 673. The van der Waals surface area contributed by atoms with Crippen LogP contribution in [0.15, 0.2) is 34.9 Å². The number of nitrogens with zero attached hydrogens (tertiary/aromatic N) is 1. The van der Waals surface area contributed by atoms with E-state index in [2.05, 4.69) is 10.3 Å². The molecule has 1 fully saturated rings. The van der Waals surface area contributed by atoms with E-state index in [1.165, 1.54) is 32.1 Å². The molecule has 1 saturated carbocycles. The second-order valence-corrected chi connectivity index (χ2v) is 7.17. The Morgan fingerprint density at radius 1 is 1.12 bits per heavy atom. The number of carbonyl (C=O) groups is 1. The third-order valence-electron chi connectivity index (χ3n) is 4.72. The van der Waals surface area contributed by atoms with Crippen LogP contribution in [0.1, 0.15) is 57.3 Å². The molecule has 1 aromatic carbocycles. The molecule has 1 aliphatic carbocycles. The number of halogens is 1. The molecule has 0 bridgehead atoms. The molecule has 1 N–H and O–H groups in total. The first-order chi connectivity index (χ1) is 12.2. The molecule has 0 atom stereocenters. The molecule has 4 nitrogen and oxygen atoms in total. The molecule has 1 aromatic heterocycles. The molecule has 134 valence electrons. The zero-order chi connectivity index (χ0) is 17.5. The fourth-order valence-electron chi connectivity index (χ4n) is 3.29. The van der Waals surface area contributed by atoms with E-state index in [0.29, 0.717) is 35.6 Å². The highest BCUT2D eigenvalue weighted by atomic mass is 35.5. The first kappa shape index (κ1) is 18.0. The third kappa shape index (κ3) is 5.60. The molecule has 5 heteroatoms. The van der Waals surface area contributed by atoms with Crippen molar-refractivity contribution in [3.05, 3.63) is 41.4 Å². The molecule has 0 unspecified atom stereocenters. The molecule has 1 amide bonds. The second kappa shape index (κ2) is 9.04. The van der Waals surface area contributed by atoms with Crippen LogP contribution in [0.4, 0.5) is 0 Å². The Hall–Kier alpha value is -1.81. The van der Waals surface area contributed by atoms with E-state index in [1.54, 1.807) is 6.20 Å². The monoisotopic (exact) mass is 360 g/mol. The van der Waals surface area contributed by atoms with Crippen molar-refractivity contribution in [3.8, 4) is 11.3 Å². The highest BCUT2D eigenvalue weighted by Crippen LogP contribution is 2.23. The summed E-state index contributed by atoms with van der Waals surface area (Å²) in [4.78, 5) is 16.5. The lowest BCUT2D eigenvalue weighted by Gasteiger charge is -2.20. The average Bonchev–Trinajstić information content (AvgIpc) is 3.05. The Kier molecular flexibility index (Phi) is 6.51. The molecule has 0 saturated heterocycles. The minimum Gasteiger partial charge on any atom is -0.441 e. The number of aromatic nitrogens is 1. The van der Waals surface area contributed by atoms with E-state index >= 15 is 0 Å². The van der Waals surface area contributed by atoms with Crippen LogP contribution in [0.2, 0.25) is 5.02 Å². The molecule has 0 radical (unpaired) electrons. The van der Waals surface area contributed by atoms with Crippen LogP contribution in [-0.2, 0) is 11.2 Å². The predicted octanol–water partition coefficient (Wildman–Crippen LogP) is 5.16. The minimum absolute atomic E-state index is 0.0943. The second-order valence-electron chi connectivity index (χ2n) is 6.73. The number of nitrogens with one attached hydrogen (secondary N) is 1. The van der Waals surface area contributed by atoms with Crippen molar-refractivity contribution in [1.82, 2.24) is 10.3 Å². The first-order valence-electron chi connectivity index (χ1n) is 9.21. The first-order valence-corrected chi connectivity index (χ1v) is 9.58. The summed E-state index contributed by atoms with van der Waals surface area (Å²) in [6.45, 7) is 0. The summed E-state index contributed by atoms with van der Waals surface area (Å²) in [6.07, 6.45) is 11.2. The van der Waals surface area contributed by atoms with Crippen molar-refractivity contribution in [2.75, 3.05) is 0 Å². The van der Waals surface area contributed by atoms with Gasteiger partial charge in [-0.1, -0.05) is 43.7 Å². The molecular formula is C20H25ClN2O2. The van der Waals surface area contributed by atoms with Gasteiger partial charge in [-0.15, -0.1) is 0 Å². The van der Waals surface area contributed by atoms with Gasteiger partial charge < -0.3 is 9.73 Å². The molecule has 3 rings (SSSR count). The zero-order valence-corrected chi connectivity index (χ0v) is 15.2. The summed E-state index contributed by atoms with van der Waals surface area (Å²) < 4.78 is 5.75. The van der Waals surface area contributed by atoms with Crippen molar-refractivity contribution in [3.63, 3.8) is 0 Å². The average molecular weight is 361 g/mol. The number of oxazole rings is 1. The lowest BCUT2D eigenvalue weighted by atomic mass is 9.96. The van der Waals surface area contributed by atoms with Gasteiger partial charge in [0, 0.05) is 29.5 Å². The molecule has 25 heavy (non-hydrogen) atoms. The lowest BCUT2D eigenvalue weighted by molar-refractivity contribution is -0.122. The summed E-state index contributed by atoms with van der Waals surface area (Å²) in [5.74, 6) is 1.39. The van der Waals surface area contributed by atoms with E-state index in [-0.39, 0.29) is 5.91 Å². The van der Waals surface area contributed by atoms with E-state index in [4.69, 9.17) is 16.0 Å². The maximum absolute atomic E-state index is 12.2. The summed E-state index contributed by atoms with van der Waals surface area (Å²) >= 11 is 5.90. The van der Waals surface area contributed by atoms with Gasteiger partial charge in [0.25, 0.3) is 0 Å². The number of benzene rings is 1. The summed E-state index contributed by atoms with van der Waals surface area (Å²) in [5, 5.41) is 3.87. The van der Waals surface area contributed by atoms with Gasteiger partial charge in [0.15, 0.2) is 11.7 Å². The number of rotatable bonds is 5. The van der Waals surface area contributed by atoms with Gasteiger partial charge >= 0.3 is 0 Å². The Morgan fingerprint density at radius 2 is 1.80 bits per heavy atom. The minimum atomic E-state index is 0.0943. The highest BCUT2D eigenvalue weighted by molar-refractivity contribution is 6.30. The zero-order valence-electron chi connectivity index (χ0n) is 14.5. The van der Waals surface area contributed by atoms with Gasteiger partial charge in [-0.2, -0.15) is 0 Å². The van der Waals surface area contributed by atoms with Crippen LogP contribution < -0.4 is 5.32 Å². The predicted molar refractivity (Wildman–Crippen MR) is 99.5 cm³/mol. The summed E-state index contributed by atoms with van der Waals surface area (Å²) in [7, 11) is 0. The van der Waals surface area contributed by atoms with Crippen LogP contribution >= 0.6 is 11.6 Å². The molecule has 1 aliphatic rings. The van der Waals surface area contributed by atoms with E-state index in [0.717, 1.165) is 18.4 Å². The lowest BCUT2D eigenvalue weighted by Crippen LogP contribution is -2.35. The van der Waals surface area contributed by atoms with Crippen LogP contribution in [0, 0.1) is 0 Å². The SMILES string of the molecule is O=C(CCc1ncc(-c2ccc(Cl)cc2)o1)NC1CCCCCCC1. The topological polar surface area (TPSA) is 55.1 Å². The summed E-state index contributed by atoms with van der Waals surface area (Å²) in [6, 6.07) is 7.77. The van der Waals surface area contributed by atoms with Crippen molar-refractivity contribution in [2.45, 2.75) is 63.8 Å². The number of hydrogen-bond donors (Lipinski definition) is 1. The van der Waals surface area contributed by atoms with Crippen LogP contribution in [0.25, 0.3) is 11.3 Å². The summed E-state index contributed by atoms with van der Waals surface area (Å²) in [5.41, 5.74) is 0.933. The van der Waals surface area contributed by atoms with Crippen LogP contribution in [0.5, 0.6) is 0 Å². The molecule has 2 aromatic rings. The van der Waals surface area contributed by atoms with E-state index in [1.807, 2.05) is 24.3 Å². The fraction of sp³-hybridized carbons (Fsp3) is 0.500. The van der Waals surface area contributed by atoms with Gasteiger partial charge in [0.2, 0.25) is 5.91 Å². The third-order valence-corrected chi connectivity index (χ3v) is 4.97. The fourth-order valence-corrected chi connectivity index (χ4v) is 3.42. The van der Waals surface area contributed by atoms with E-state index < -0.39 is 0 Å². The molecule has 1 heterocycles. The normalized spacial score (nSPS) is 16.2. The number of aryl methyl sites for hydroxylation is 1. The van der Waals surface area contributed by atoms with E-state index in [9.17, 15) is 4.79 Å². The van der Waals surface area contributed by atoms with Crippen molar-refractivity contribution < 1.29 is 9.21 Å². The maximum atomic E-state index is 12.2. The Balaban J connectivity index is 1.48. The largest absolute Gasteiger partial charge is 0.441 e. The van der Waals surface area contributed by atoms with Gasteiger partial charge in [-0.3, -0.25) is 4.79 Å². The van der Waals surface area contributed by atoms with Crippen molar-refractivity contribution in [1.29, 1.82) is 0 Å².